The van der Waals surface area contributed by atoms with Gasteiger partial charge in [-0.15, -0.1) is 0 Å². The monoisotopic (exact) mass is 310 g/mol. The third-order valence-electron chi connectivity index (χ3n) is 4.66. The van der Waals surface area contributed by atoms with Crippen molar-refractivity contribution >= 4 is 22.5 Å². The average molecular weight is 310 g/mol. The van der Waals surface area contributed by atoms with Crippen LogP contribution in [0.3, 0.4) is 0 Å². The summed E-state index contributed by atoms with van der Waals surface area (Å²) >= 11 is 0. The number of H-pyrrole nitrogens is 1. The summed E-state index contributed by atoms with van der Waals surface area (Å²) in [4.78, 5) is 27.4. The Labute approximate surface area is 135 Å². The maximum Gasteiger partial charge on any atom is 0.251 e. The molecule has 0 bridgehead atoms. The minimum Gasteiger partial charge on any atom is -0.326 e. The lowest BCUT2D eigenvalue weighted by Crippen LogP contribution is -2.23. The third kappa shape index (κ3) is 3.07. The van der Waals surface area contributed by atoms with Crippen LogP contribution in [0.4, 0.5) is 5.69 Å². The van der Waals surface area contributed by atoms with Crippen LogP contribution < -0.4 is 10.9 Å². The molecule has 23 heavy (non-hydrogen) atoms. The van der Waals surface area contributed by atoms with Gasteiger partial charge in [0.25, 0.3) is 5.56 Å². The number of carbonyl (C=O) groups is 1. The lowest BCUT2D eigenvalue weighted by molar-refractivity contribution is -0.120. The Bertz CT molecular complexity index is 833. The lowest BCUT2D eigenvalue weighted by atomic mass is 9.93. The summed E-state index contributed by atoms with van der Waals surface area (Å²) in [5, 5.41) is 4.00. The molecule has 1 aromatic heterocycles. The number of nitrogens with one attached hydrogen (secondary N) is 2. The van der Waals surface area contributed by atoms with Gasteiger partial charge in [-0.1, -0.05) is 25.1 Å². The molecule has 1 heterocycles. The number of carbonyl (C=O) groups excluding carboxylic acids is 1. The number of hydrogen-bond donors (Lipinski definition) is 2. The molecule has 0 saturated heterocycles. The molecule has 4 nitrogen and oxygen atoms in total. The fourth-order valence-electron chi connectivity index (χ4n) is 3.28. The maximum atomic E-state index is 12.3. The molecule has 0 fully saturated rings. The summed E-state index contributed by atoms with van der Waals surface area (Å²) in [6.07, 6.45) is 7.56. The molecule has 4 heteroatoms. The van der Waals surface area contributed by atoms with Crippen molar-refractivity contribution in [3.8, 4) is 0 Å². The highest BCUT2D eigenvalue weighted by Gasteiger charge is 2.19. The predicted molar refractivity (Wildman–Crippen MR) is 93.8 cm³/mol. The molecule has 120 valence electrons. The molecule has 3 rings (SSSR count). The largest absolute Gasteiger partial charge is 0.326 e. The molecule has 0 aliphatic heterocycles. The van der Waals surface area contributed by atoms with E-state index in [-0.39, 0.29) is 17.4 Å². The van der Waals surface area contributed by atoms with Crippen LogP contribution in [-0.2, 0) is 11.2 Å². The van der Waals surface area contributed by atoms with Crippen LogP contribution in [0.15, 0.2) is 35.1 Å². The summed E-state index contributed by atoms with van der Waals surface area (Å²) in [6.45, 7) is 3.96. The second-order valence-electron chi connectivity index (χ2n) is 6.14. The number of aryl methyl sites for hydroxylation is 1. The third-order valence-corrected chi connectivity index (χ3v) is 4.66. The molecule has 1 aliphatic rings. The SMILES string of the molecule is CCc1c(C)c2ccc(NC(=O)C3CC=CCC3)cc2[nH]c1=O. The molecule has 0 radical (unpaired) electrons. The van der Waals surface area contributed by atoms with Gasteiger partial charge in [-0.25, -0.2) is 0 Å². The summed E-state index contributed by atoms with van der Waals surface area (Å²) < 4.78 is 0. The fraction of sp³-hybridized carbons (Fsp3) is 0.368. The number of amides is 1. The number of aromatic nitrogens is 1. The molecule has 2 N–H and O–H groups in total. The van der Waals surface area contributed by atoms with Crippen molar-refractivity contribution in [1.29, 1.82) is 0 Å². The number of benzene rings is 1. The zero-order valence-electron chi connectivity index (χ0n) is 13.6. The van der Waals surface area contributed by atoms with E-state index in [1.807, 2.05) is 32.0 Å². The van der Waals surface area contributed by atoms with Gasteiger partial charge in [0.1, 0.15) is 0 Å². The minimum absolute atomic E-state index is 0.0407. The van der Waals surface area contributed by atoms with Crippen molar-refractivity contribution < 1.29 is 4.79 Å². The zero-order chi connectivity index (χ0) is 16.4. The smallest absolute Gasteiger partial charge is 0.251 e. The van der Waals surface area contributed by atoms with Gasteiger partial charge in [0.2, 0.25) is 5.91 Å². The average Bonchev–Trinajstić information content (AvgIpc) is 2.55. The van der Waals surface area contributed by atoms with Gasteiger partial charge < -0.3 is 10.3 Å². The van der Waals surface area contributed by atoms with Crippen LogP contribution >= 0.6 is 0 Å². The van der Waals surface area contributed by atoms with Gasteiger partial charge >= 0.3 is 0 Å². The van der Waals surface area contributed by atoms with Crippen LogP contribution in [-0.4, -0.2) is 10.9 Å². The van der Waals surface area contributed by atoms with E-state index < -0.39 is 0 Å². The highest BCUT2D eigenvalue weighted by atomic mass is 16.2. The lowest BCUT2D eigenvalue weighted by Gasteiger charge is -2.17. The minimum atomic E-state index is -0.0432. The Morgan fingerprint density at radius 3 is 2.87 bits per heavy atom. The zero-order valence-corrected chi connectivity index (χ0v) is 13.6. The summed E-state index contributed by atoms with van der Waals surface area (Å²) in [7, 11) is 0. The number of pyridine rings is 1. The van der Waals surface area contributed by atoms with Gasteiger partial charge in [0.05, 0.1) is 5.52 Å². The van der Waals surface area contributed by atoms with Crippen molar-refractivity contribution in [2.24, 2.45) is 5.92 Å². The van der Waals surface area contributed by atoms with E-state index in [2.05, 4.69) is 22.5 Å². The molecular formula is C19H22N2O2. The van der Waals surface area contributed by atoms with Gasteiger partial charge in [-0.05, 0) is 50.3 Å². The Balaban J connectivity index is 1.90. The number of anilines is 1. The molecule has 2 aromatic rings. The van der Waals surface area contributed by atoms with E-state index in [9.17, 15) is 9.59 Å². The summed E-state index contributed by atoms with van der Waals surface area (Å²) in [6, 6.07) is 5.72. The van der Waals surface area contributed by atoms with E-state index in [4.69, 9.17) is 0 Å². The molecule has 1 aromatic carbocycles. The summed E-state index contributed by atoms with van der Waals surface area (Å²) in [5.74, 6) is 0.0943. The van der Waals surface area contributed by atoms with E-state index in [1.54, 1.807) is 0 Å². The Hall–Kier alpha value is -2.36. The molecule has 1 unspecified atom stereocenters. The quantitative estimate of drug-likeness (QED) is 0.849. The van der Waals surface area contributed by atoms with E-state index in [0.29, 0.717) is 6.42 Å². The molecule has 1 atom stereocenters. The first-order valence-corrected chi connectivity index (χ1v) is 8.21. The van der Waals surface area contributed by atoms with E-state index in [1.165, 1.54) is 0 Å². The number of allylic oxidation sites excluding steroid dienone is 2. The normalized spacial score (nSPS) is 17.4. The second kappa shape index (κ2) is 6.41. The standard InChI is InChI=1S/C19H22N2O2/c1-3-15-12(2)16-10-9-14(11-17(16)21-19(15)23)20-18(22)13-7-5-4-6-8-13/h4-5,9-11,13H,3,6-8H2,1-2H3,(H,20,22)(H,21,23). The van der Waals surface area contributed by atoms with Gasteiger partial charge in [-0.2, -0.15) is 0 Å². The first-order chi connectivity index (χ1) is 11.1. The number of rotatable bonds is 3. The topological polar surface area (TPSA) is 62.0 Å². The van der Waals surface area contributed by atoms with E-state index in [0.717, 1.165) is 47.0 Å². The summed E-state index contributed by atoms with van der Waals surface area (Å²) in [5.41, 5.74) is 3.30. The Morgan fingerprint density at radius 2 is 2.17 bits per heavy atom. The first-order valence-electron chi connectivity index (χ1n) is 8.21. The maximum absolute atomic E-state index is 12.3. The molecule has 0 spiro atoms. The Kier molecular flexibility index (Phi) is 4.33. The van der Waals surface area contributed by atoms with Crippen LogP contribution in [0.2, 0.25) is 0 Å². The van der Waals surface area contributed by atoms with Crippen molar-refractivity contribution in [2.45, 2.75) is 39.5 Å². The highest BCUT2D eigenvalue weighted by molar-refractivity contribution is 5.95. The fourth-order valence-corrected chi connectivity index (χ4v) is 3.28. The van der Waals surface area contributed by atoms with Gasteiger partial charge in [-0.3, -0.25) is 9.59 Å². The van der Waals surface area contributed by atoms with Crippen molar-refractivity contribution in [3.63, 3.8) is 0 Å². The molecule has 1 amide bonds. The van der Waals surface area contributed by atoms with Crippen molar-refractivity contribution in [1.82, 2.24) is 4.98 Å². The van der Waals surface area contributed by atoms with Crippen LogP contribution in [0.5, 0.6) is 0 Å². The second-order valence-corrected chi connectivity index (χ2v) is 6.14. The first kappa shape index (κ1) is 15.5. The van der Waals surface area contributed by atoms with Gasteiger partial charge in [0, 0.05) is 22.6 Å². The number of aromatic amines is 1. The van der Waals surface area contributed by atoms with E-state index >= 15 is 0 Å². The predicted octanol–water partition coefficient (Wildman–Crippen LogP) is 3.69. The number of hydrogen-bond acceptors (Lipinski definition) is 2. The van der Waals surface area contributed by atoms with Gasteiger partial charge in [0.15, 0.2) is 0 Å². The van der Waals surface area contributed by atoms with Crippen molar-refractivity contribution in [3.05, 3.63) is 51.8 Å². The highest BCUT2D eigenvalue weighted by Crippen LogP contribution is 2.24. The molecule has 0 saturated carbocycles. The van der Waals surface area contributed by atoms with Crippen LogP contribution in [0.25, 0.3) is 10.9 Å². The Morgan fingerprint density at radius 1 is 1.35 bits per heavy atom. The molecule has 1 aliphatic carbocycles. The van der Waals surface area contributed by atoms with Crippen molar-refractivity contribution in [2.75, 3.05) is 5.32 Å². The number of fused-ring (bicyclic) bond motifs is 1. The van der Waals surface area contributed by atoms with Crippen LogP contribution in [0.1, 0.15) is 37.3 Å². The van der Waals surface area contributed by atoms with Crippen LogP contribution in [0, 0.1) is 12.8 Å². The molecular weight excluding hydrogens is 288 g/mol.